The van der Waals surface area contributed by atoms with Gasteiger partial charge < -0.3 is 15.8 Å². The first-order chi connectivity index (χ1) is 10.1. The van der Waals surface area contributed by atoms with Gasteiger partial charge in [0, 0.05) is 12.1 Å². The summed E-state index contributed by atoms with van der Waals surface area (Å²) in [6.07, 6.45) is 0. The van der Waals surface area contributed by atoms with E-state index in [4.69, 9.17) is 10.5 Å². The number of nitrogens with two attached hydrogens (primary N) is 1. The van der Waals surface area contributed by atoms with Gasteiger partial charge in [-0.2, -0.15) is 0 Å². The Morgan fingerprint density at radius 3 is 2.76 bits per heavy atom. The Bertz CT molecular complexity index is 644. The lowest BCUT2D eigenvalue weighted by molar-refractivity contribution is 0.102. The van der Waals surface area contributed by atoms with Crippen molar-refractivity contribution in [1.82, 2.24) is 0 Å². The van der Waals surface area contributed by atoms with Crippen molar-refractivity contribution in [2.75, 3.05) is 18.5 Å². The second kappa shape index (κ2) is 6.85. The number of para-hydroxylation sites is 2. The molecule has 21 heavy (non-hydrogen) atoms. The zero-order valence-corrected chi connectivity index (χ0v) is 11.7. The molecule has 0 fully saturated rings. The number of halogens is 1. The molecule has 0 aliphatic carbocycles. The molecule has 2 rings (SSSR count). The summed E-state index contributed by atoms with van der Waals surface area (Å²) in [4.78, 5) is 12.3. The highest BCUT2D eigenvalue weighted by Crippen LogP contribution is 2.24. The largest absolute Gasteiger partial charge is 0.490 e. The van der Waals surface area contributed by atoms with E-state index in [0.717, 1.165) is 0 Å². The van der Waals surface area contributed by atoms with Crippen LogP contribution in [0, 0.1) is 12.7 Å². The van der Waals surface area contributed by atoms with Crippen molar-refractivity contribution in [2.24, 2.45) is 5.73 Å². The minimum absolute atomic E-state index is 0.309. The number of carbonyl (C=O) groups is 1. The zero-order valence-electron chi connectivity index (χ0n) is 11.7. The quantitative estimate of drug-likeness (QED) is 0.889. The van der Waals surface area contributed by atoms with E-state index >= 15 is 0 Å². The van der Waals surface area contributed by atoms with Crippen LogP contribution in [0.3, 0.4) is 0 Å². The highest BCUT2D eigenvalue weighted by atomic mass is 19.1. The highest BCUT2D eigenvalue weighted by Gasteiger charge is 2.12. The Kier molecular flexibility index (Phi) is 4.90. The number of carbonyl (C=O) groups excluding carboxylic acids is 1. The molecule has 0 spiro atoms. The van der Waals surface area contributed by atoms with E-state index in [2.05, 4.69) is 5.32 Å². The van der Waals surface area contributed by atoms with Crippen LogP contribution in [0.15, 0.2) is 42.5 Å². The average Bonchev–Trinajstić information content (AvgIpc) is 2.46. The maximum absolute atomic E-state index is 13.1. The van der Waals surface area contributed by atoms with Crippen LogP contribution in [-0.4, -0.2) is 19.1 Å². The third kappa shape index (κ3) is 3.79. The normalized spacial score (nSPS) is 10.2. The van der Waals surface area contributed by atoms with Gasteiger partial charge in [-0.15, -0.1) is 0 Å². The van der Waals surface area contributed by atoms with Crippen LogP contribution in [0.1, 0.15) is 15.9 Å². The van der Waals surface area contributed by atoms with E-state index in [1.165, 1.54) is 18.2 Å². The first-order valence-corrected chi connectivity index (χ1v) is 6.61. The standard InChI is InChI=1S/C16H17FN2O2/c1-11-10-12(17)6-7-13(11)16(20)19-14-4-2-3-5-15(14)21-9-8-18/h2-7,10H,8-9,18H2,1H3,(H,19,20). The summed E-state index contributed by atoms with van der Waals surface area (Å²) < 4.78 is 18.6. The van der Waals surface area contributed by atoms with Gasteiger partial charge in [0.15, 0.2) is 0 Å². The number of anilines is 1. The molecule has 0 bridgehead atoms. The molecule has 3 N–H and O–H groups in total. The molecule has 2 aromatic carbocycles. The number of aryl methyl sites for hydroxylation is 1. The molecule has 0 saturated carbocycles. The predicted octanol–water partition coefficient (Wildman–Crippen LogP) is 2.72. The lowest BCUT2D eigenvalue weighted by Gasteiger charge is -2.12. The van der Waals surface area contributed by atoms with Gasteiger partial charge in [0.2, 0.25) is 0 Å². The fourth-order valence-electron chi connectivity index (χ4n) is 1.94. The van der Waals surface area contributed by atoms with Gasteiger partial charge >= 0.3 is 0 Å². The Labute approximate surface area is 122 Å². The number of benzene rings is 2. The van der Waals surface area contributed by atoms with Crippen LogP contribution in [0.4, 0.5) is 10.1 Å². The average molecular weight is 288 g/mol. The molecule has 2 aromatic rings. The second-order valence-electron chi connectivity index (χ2n) is 4.55. The van der Waals surface area contributed by atoms with Crippen molar-refractivity contribution in [2.45, 2.75) is 6.92 Å². The molecule has 0 saturated heterocycles. The lowest BCUT2D eigenvalue weighted by atomic mass is 10.1. The zero-order chi connectivity index (χ0) is 15.2. The number of hydrogen-bond acceptors (Lipinski definition) is 3. The van der Waals surface area contributed by atoms with Gasteiger partial charge in [-0.05, 0) is 42.8 Å². The number of amides is 1. The molecular formula is C16H17FN2O2. The lowest BCUT2D eigenvalue weighted by Crippen LogP contribution is -2.16. The molecule has 0 aromatic heterocycles. The van der Waals surface area contributed by atoms with Crippen LogP contribution in [0.2, 0.25) is 0 Å². The van der Waals surface area contributed by atoms with Crippen LogP contribution in [0.5, 0.6) is 5.75 Å². The number of rotatable bonds is 5. The van der Waals surface area contributed by atoms with Gasteiger partial charge in [0.25, 0.3) is 5.91 Å². The van der Waals surface area contributed by atoms with Crippen molar-refractivity contribution in [3.63, 3.8) is 0 Å². The van der Waals surface area contributed by atoms with Gasteiger partial charge in [0.05, 0.1) is 5.69 Å². The summed E-state index contributed by atoms with van der Waals surface area (Å²) in [6.45, 7) is 2.44. The molecule has 1 amide bonds. The summed E-state index contributed by atoms with van der Waals surface area (Å²) in [5.41, 5.74) is 6.96. The fraction of sp³-hybridized carbons (Fsp3) is 0.188. The first-order valence-electron chi connectivity index (χ1n) is 6.61. The van der Waals surface area contributed by atoms with Crippen LogP contribution in [0.25, 0.3) is 0 Å². The van der Waals surface area contributed by atoms with E-state index in [1.54, 1.807) is 25.1 Å². The molecule has 0 heterocycles. The fourth-order valence-corrected chi connectivity index (χ4v) is 1.94. The number of nitrogens with one attached hydrogen (secondary N) is 1. The van der Waals surface area contributed by atoms with Crippen molar-refractivity contribution in [1.29, 1.82) is 0 Å². The van der Waals surface area contributed by atoms with Gasteiger partial charge in [-0.25, -0.2) is 4.39 Å². The molecule has 110 valence electrons. The van der Waals surface area contributed by atoms with Crippen LogP contribution in [-0.2, 0) is 0 Å². The maximum atomic E-state index is 13.1. The van der Waals surface area contributed by atoms with E-state index in [9.17, 15) is 9.18 Å². The van der Waals surface area contributed by atoms with Crippen molar-refractivity contribution in [3.05, 3.63) is 59.4 Å². The van der Waals surface area contributed by atoms with Crippen molar-refractivity contribution >= 4 is 11.6 Å². The van der Waals surface area contributed by atoms with Gasteiger partial charge in [-0.1, -0.05) is 12.1 Å². The third-order valence-corrected chi connectivity index (χ3v) is 2.94. The summed E-state index contributed by atoms with van der Waals surface area (Å²) in [5.74, 6) is -0.122. The summed E-state index contributed by atoms with van der Waals surface area (Å²) in [7, 11) is 0. The third-order valence-electron chi connectivity index (χ3n) is 2.94. The smallest absolute Gasteiger partial charge is 0.256 e. The second-order valence-corrected chi connectivity index (χ2v) is 4.55. The molecule has 0 aliphatic heterocycles. The van der Waals surface area contributed by atoms with Gasteiger partial charge in [-0.3, -0.25) is 4.79 Å². The molecule has 0 atom stereocenters. The molecule has 0 aliphatic rings. The van der Waals surface area contributed by atoms with E-state index in [0.29, 0.717) is 35.7 Å². The number of hydrogen-bond donors (Lipinski definition) is 2. The predicted molar refractivity (Wildman–Crippen MR) is 80.1 cm³/mol. The SMILES string of the molecule is Cc1cc(F)ccc1C(=O)Nc1ccccc1OCCN. The Morgan fingerprint density at radius 1 is 1.29 bits per heavy atom. The van der Waals surface area contributed by atoms with Crippen LogP contribution < -0.4 is 15.8 Å². The molecule has 0 unspecified atom stereocenters. The molecule has 5 heteroatoms. The molecule has 0 radical (unpaired) electrons. The Hall–Kier alpha value is -2.40. The summed E-state index contributed by atoms with van der Waals surface area (Å²) in [6, 6.07) is 11.1. The highest BCUT2D eigenvalue weighted by molar-refractivity contribution is 6.05. The number of ether oxygens (including phenoxy) is 1. The van der Waals surface area contributed by atoms with E-state index < -0.39 is 0 Å². The van der Waals surface area contributed by atoms with Gasteiger partial charge in [0.1, 0.15) is 18.2 Å². The van der Waals surface area contributed by atoms with E-state index in [1.807, 2.05) is 6.07 Å². The Morgan fingerprint density at radius 2 is 2.05 bits per heavy atom. The topological polar surface area (TPSA) is 64.3 Å². The van der Waals surface area contributed by atoms with Crippen molar-refractivity contribution in [3.8, 4) is 5.75 Å². The minimum atomic E-state index is -0.365. The van der Waals surface area contributed by atoms with E-state index in [-0.39, 0.29) is 11.7 Å². The molecule has 4 nitrogen and oxygen atoms in total. The molecular weight excluding hydrogens is 271 g/mol. The Balaban J connectivity index is 2.19. The maximum Gasteiger partial charge on any atom is 0.256 e. The minimum Gasteiger partial charge on any atom is -0.490 e. The monoisotopic (exact) mass is 288 g/mol. The summed E-state index contributed by atoms with van der Waals surface area (Å²) in [5, 5.41) is 2.77. The van der Waals surface area contributed by atoms with Crippen LogP contribution >= 0.6 is 0 Å². The summed E-state index contributed by atoms with van der Waals surface area (Å²) >= 11 is 0. The first kappa shape index (κ1) is 15.0. The van der Waals surface area contributed by atoms with Crippen molar-refractivity contribution < 1.29 is 13.9 Å².